The van der Waals surface area contributed by atoms with Gasteiger partial charge in [0.25, 0.3) is 5.91 Å². The molecule has 0 saturated carbocycles. The van der Waals surface area contributed by atoms with Crippen LogP contribution in [0.2, 0.25) is 0 Å². The number of benzene rings is 1. The highest BCUT2D eigenvalue weighted by molar-refractivity contribution is 7.98. The quantitative estimate of drug-likeness (QED) is 0.286. The van der Waals surface area contributed by atoms with Crippen LogP contribution in [0.4, 0.5) is 0 Å². The normalized spacial score (nSPS) is 11.0. The van der Waals surface area contributed by atoms with Crippen LogP contribution in [-0.4, -0.2) is 48.6 Å². The summed E-state index contributed by atoms with van der Waals surface area (Å²) in [6, 6.07) is 13.9. The highest BCUT2D eigenvalue weighted by atomic mass is 32.2. The third kappa shape index (κ3) is 5.48. The van der Waals surface area contributed by atoms with Crippen LogP contribution < -0.4 is 0 Å². The highest BCUT2D eigenvalue weighted by Gasteiger charge is 2.19. The molecule has 0 aliphatic rings. The van der Waals surface area contributed by atoms with E-state index in [1.54, 1.807) is 24.2 Å². The first-order chi connectivity index (χ1) is 16.2. The van der Waals surface area contributed by atoms with E-state index >= 15 is 0 Å². The monoisotopic (exact) mass is 478 g/mol. The largest absolute Gasteiger partial charge is 0.337 e. The smallest absolute Gasteiger partial charge is 0.273 e. The van der Waals surface area contributed by atoms with Gasteiger partial charge in [-0.05, 0) is 37.1 Å². The molecule has 1 amide bonds. The molecule has 170 valence electrons. The first-order valence-electron chi connectivity index (χ1n) is 11.0. The summed E-state index contributed by atoms with van der Waals surface area (Å²) in [7, 11) is 0. The number of hydrogen-bond acceptors (Lipinski definition) is 7. The van der Waals surface area contributed by atoms with Gasteiger partial charge in [-0.1, -0.05) is 43.8 Å². The van der Waals surface area contributed by atoms with E-state index < -0.39 is 0 Å². The van der Waals surface area contributed by atoms with Crippen molar-refractivity contribution in [2.75, 3.05) is 13.1 Å². The molecule has 9 heteroatoms. The number of rotatable bonds is 10. The van der Waals surface area contributed by atoms with Crippen LogP contribution in [0, 0.1) is 0 Å². The Hall–Kier alpha value is -3.04. The third-order valence-electron chi connectivity index (χ3n) is 4.96. The maximum Gasteiger partial charge on any atom is 0.273 e. The Morgan fingerprint density at radius 1 is 1.03 bits per heavy atom. The molecule has 7 nitrogen and oxygen atoms in total. The number of nitrogens with zero attached hydrogens (tertiary/aromatic N) is 6. The SMILES string of the molecule is CCCN(CCC)C(=O)c1csc(CSc2nnc(-c3ccncc3)n2-c2ccccc2)n1. The van der Waals surface area contributed by atoms with Crippen molar-refractivity contribution in [3.8, 4) is 17.1 Å². The molecule has 0 fully saturated rings. The van der Waals surface area contributed by atoms with Gasteiger partial charge in [0, 0.05) is 42.1 Å². The van der Waals surface area contributed by atoms with E-state index in [1.807, 2.05) is 57.3 Å². The maximum atomic E-state index is 12.8. The fourth-order valence-corrected chi connectivity index (χ4v) is 5.22. The second-order valence-corrected chi connectivity index (χ2v) is 9.31. The van der Waals surface area contributed by atoms with Crippen LogP contribution in [0.15, 0.2) is 65.4 Å². The number of hydrogen-bond donors (Lipinski definition) is 0. The summed E-state index contributed by atoms with van der Waals surface area (Å²) in [5, 5.41) is 12.4. The van der Waals surface area contributed by atoms with Gasteiger partial charge < -0.3 is 4.90 Å². The zero-order valence-electron chi connectivity index (χ0n) is 18.7. The zero-order chi connectivity index (χ0) is 23.0. The molecule has 0 radical (unpaired) electrons. The lowest BCUT2D eigenvalue weighted by Crippen LogP contribution is -2.32. The van der Waals surface area contributed by atoms with E-state index in [4.69, 9.17) is 0 Å². The third-order valence-corrected chi connectivity index (χ3v) is 6.93. The van der Waals surface area contributed by atoms with Crippen molar-refractivity contribution in [3.63, 3.8) is 0 Å². The first-order valence-corrected chi connectivity index (χ1v) is 12.9. The Morgan fingerprint density at radius 2 is 1.76 bits per heavy atom. The first kappa shape index (κ1) is 23.1. The van der Waals surface area contributed by atoms with Crippen LogP contribution in [0.25, 0.3) is 17.1 Å². The summed E-state index contributed by atoms with van der Waals surface area (Å²) in [5.41, 5.74) is 2.46. The summed E-state index contributed by atoms with van der Waals surface area (Å²) in [6.45, 7) is 5.68. The van der Waals surface area contributed by atoms with E-state index in [9.17, 15) is 4.79 Å². The minimum atomic E-state index is 0.0126. The Labute approximate surface area is 201 Å². The van der Waals surface area contributed by atoms with Gasteiger partial charge in [0.15, 0.2) is 11.0 Å². The molecular weight excluding hydrogens is 452 g/mol. The maximum absolute atomic E-state index is 12.8. The number of carbonyl (C=O) groups is 1. The van der Waals surface area contributed by atoms with Crippen LogP contribution in [-0.2, 0) is 5.75 Å². The van der Waals surface area contributed by atoms with Gasteiger partial charge >= 0.3 is 0 Å². The fraction of sp³-hybridized carbons (Fsp3) is 0.292. The predicted octanol–water partition coefficient (Wildman–Crippen LogP) is 5.34. The molecular formula is C24H26N6OS2. The second-order valence-electron chi connectivity index (χ2n) is 7.42. The molecule has 0 atom stereocenters. The van der Waals surface area contributed by atoms with Crippen molar-refractivity contribution in [2.45, 2.75) is 37.6 Å². The molecule has 3 heterocycles. The van der Waals surface area contributed by atoms with Crippen LogP contribution in [0.5, 0.6) is 0 Å². The van der Waals surface area contributed by atoms with Crippen LogP contribution >= 0.6 is 23.1 Å². The Kier molecular flexibility index (Phi) is 7.85. The van der Waals surface area contributed by atoms with Crippen molar-refractivity contribution < 1.29 is 4.79 Å². The van der Waals surface area contributed by atoms with Gasteiger partial charge in [0.05, 0.1) is 5.75 Å². The molecule has 0 unspecified atom stereocenters. The van der Waals surface area contributed by atoms with E-state index in [1.165, 1.54) is 11.3 Å². The number of carbonyl (C=O) groups excluding carboxylic acids is 1. The zero-order valence-corrected chi connectivity index (χ0v) is 20.4. The number of amides is 1. The number of thioether (sulfide) groups is 1. The molecule has 0 spiro atoms. The molecule has 33 heavy (non-hydrogen) atoms. The van der Waals surface area contributed by atoms with Crippen LogP contribution in [0.3, 0.4) is 0 Å². The Morgan fingerprint density at radius 3 is 2.45 bits per heavy atom. The van der Waals surface area contributed by atoms with Crippen molar-refractivity contribution in [1.82, 2.24) is 29.6 Å². The van der Waals surface area contributed by atoms with Gasteiger partial charge in [-0.2, -0.15) is 0 Å². The van der Waals surface area contributed by atoms with Gasteiger partial charge in [-0.3, -0.25) is 14.3 Å². The number of thiazole rings is 1. The van der Waals surface area contributed by atoms with Gasteiger partial charge in [0.2, 0.25) is 0 Å². The highest BCUT2D eigenvalue weighted by Crippen LogP contribution is 2.30. The summed E-state index contributed by atoms with van der Waals surface area (Å²) in [6.07, 6.45) is 5.38. The number of pyridine rings is 1. The molecule has 0 saturated heterocycles. The summed E-state index contributed by atoms with van der Waals surface area (Å²) >= 11 is 3.07. The minimum Gasteiger partial charge on any atom is -0.337 e. The van der Waals surface area contributed by atoms with Gasteiger partial charge in [0.1, 0.15) is 10.7 Å². The minimum absolute atomic E-state index is 0.0126. The topological polar surface area (TPSA) is 76.8 Å². The van der Waals surface area contributed by atoms with Crippen LogP contribution in [0.1, 0.15) is 42.2 Å². The molecule has 0 aliphatic carbocycles. The lowest BCUT2D eigenvalue weighted by Gasteiger charge is -2.20. The molecule has 4 rings (SSSR count). The second kappa shape index (κ2) is 11.2. The number of para-hydroxylation sites is 1. The summed E-state index contributed by atoms with van der Waals surface area (Å²) < 4.78 is 2.05. The van der Waals surface area contributed by atoms with Crippen molar-refractivity contribution in [2.24, 2.45) is 0 Å². The molecule has 4 aromatic rings. The Bertz CT molecular complexity index is 1170. The van der Waals surface area contributed by atoms with E-state index in [0.29, 0.717) is 11.4 Å². The summed E-state index contributed by atoms with van der Waals surface area (Å²) in [4.78, 5) is 23.5. The van der Waals surface area contributed by atoms with E-state index in [-0.39, 0.29) is 5.91 Å². The van der Waals surface area contributed by atoms with Crippen molar-refractivity contribution in [3.05, 3.63) is 70.9 Å². The average molecular weight is 479 g/mol. The molecule has 1 aromatic carbocycles. The standard InChI is InChI=1S/C24H26N6OS2/c1-3-14-29(15-4-2)23(31)20-16-32-21(26-20)17-33-24-28-27-22(18-10-12-25-13-11-18)30(24)19-8-6-5-7-9-19/h5-13,16H,3-4,14-15,17H2,1-2H3. The molecule has 0 N–H and O–H groups in total. The molecule has 0 bridgehead atoms. The van der Waals surface area contributed by atoms with Crippen molar-refractivity contribution in [1.29, 1.82) is 0 Å². The fourth-order valence-electron chi connectivity index (χ4n) is 3.48. The van der Waals surface area contributed by atoms with E-state index in [0.717, 1.165) is 53.2 Å². The van der Waals surface area contributed by atoms with E-state index in [2.05, 4.69) is 34.0 Å². The Balaban J connectivity index is 1.55. The summed E-state index contributed by atoms with van der Waals surface area (Å²) in [5.74, 6) is 1.38. The van der Waals surface area contributed by atoms with Crippen molar-refractivity contribution >= 4 is 29.0 Å². The molecule has 0 aliphatic heterocycles. The number of aromatic nitrogens is 5. The molecule has 3 aromatic heterocycles. The average Bonchev–Trinajstić information content (AvgIpc) is 3.50. The van der Waals surface area contributed by atoms with Gasteiger partial charge in [-0.25, -0.2) is 4.98 Å². The lowest BCUT2D eigenvalue weighted by molar-refractivity contribution is 0.0750. The van der Waals surface area contributed by atoms with Gasteiger partial charge in [-0.15, -0.1) is 21.5 Å². The predicted molar refractivity (Wildman–Crippen MR) is 133 cm³/mol. The lowest BCUT2D eigenvalue weighted by atomic mass is 10.2.